The average Bonchev–Trinajstić information content (AvgIpc) is 3.17. The van der Waals surface area contributed by atoms with Crippen molar-refractivity contribution < 1.29 is 9.15 Å². The highest BCUT2D eigenvalue weighted by Gasteiger charge is 2.18. The lowest BCUT2D eigenvalue weighted by molar-refractivity contribution is 0.214. The second kappa shape index (κ2) is 6.96. The predicted molar refractivity (Wildman–Crippen MR) is 104 cm³/mol. The zero-order valence-electron chi connectivity index (χ0n) is 14.9. The van der Waals surface area contributed by atoms with Gasteiger partial charge in [0.15, 0.2) is 5.52 Å². The number of piperidine rings is 1. The monoisotopic (exact) mass is 360 g/mol. The molecule has 0 bridgehead atoms. The molecule has 0 aliphatic carbocycles. The molecule has 1 aliphatic heterocycles. The molecule has 6 nitrogen and oxygen atoms in total. The van der Waals surface area contributed by atoms with Gasteiger partial charge in [0.1, 0.15) is 11.8 Å². The molecule has 1 atom stereocenters. The van der Waals surface area contributed by atoms with Crippen LogP contribution in [0.15, 0.2) is 53.4 Å². The molecule has 4 aromatic rings. The van der Waals surface area contributed by atoms with Crippen LogP contribution in [0, 0.1) is 5.92 Å². The van der Waals surface area contributed by atoms with Crippen molar-refractivity contribution in [3.05, 3.63) is 49.0 Å². The first-order valence-corrected chi connectivity index (χ1v) is 9.30. The summed E-state index contributed by atoms with van der Waals surface area (Å²) in [5.41, 5.74) is 4.01. The summed E-state index contributed by atoms with van der Waals surface area (Å²) in [5.74, 6) is 1.03. The highest BCUT2D eigenvalue weighted by Crippen LogP contribution is 2.33. The first-order chi connectivity index (χ1) is 13.4. The highest BCUT2D eigenvalue weighted by molar-refractivity contribution is 5.95. The van der Waals surface area contributed by atoms with E-state index < -0.39 is 0 Å². The largest absolute Gasteiger partial charge is 0.476 e. The van der Waals surface area contributed by atoms with Crippen molar-refractivity contribution in [2.45, 2.75) is 12.8 Å². The fourth-order valence-electron chi connectivity index (χ4n) is 3.62. The minimum Gasteiger partial charge on any atom is -0.476 e. The van der Waals surface area contributed by atoms with E-state index in [9.17, 15) is 0 Å². The molecule has 1 N–H and O–H groups in total. The molecule has 6 heteroatoms. The number of nitrogens with zero attached hydrogens (tertiary/aromatic N) is 3. The normalized spacial score (nSPS) is 17.4. The number of furan rings is 1. The van der Waals surface area contributed by atoms with Gasteiger partial charge in [-0.1, -0.05) is 18.2 Å². The smallest absolute Gasteiger partial charge is 0.242 e. The maximum atomic E-state index is 6.13. The third-order valence-electron chi connectivity index (χ3n) is 5.04. The van der Waals surface area contributed by atoms with Crippen LogP contribution in [0.4, 0.5) is 0 Å². The molecule has 0 unspecified atom stereocenters. The van der Waals surface area contributed by atoms with Gasteiger partial charge in [-0.05, 0) is 31.5 Å². The second-order valence-corrected chi connectivity index (χ2v) is 6.91. The molecule has 0 radical (unpaired) electrons. The second-order valence-electron chi connectivity index (χ2n) is 6.91. The molecule has 4 heterocycles. The Kier molecular flexibility index (Phi) is 4.18. The standard InChI is InChI=1S/C21H20N4O2/c1-2-6-19-15(5-1)16(13-26-19)17-10-18-20(24-9-8-23-18)21(25-17)27-12-14-4-3-7-22-11-14/h1-2,5-6,8-10,13-14,22H,3-4,7,11-12H2/t14-/m0/s1. The van der Waals surface area contributed by atoms with Crippen molar-refractivity contribution in [3.8, 4) is 17.1 Å². The number of rotatable bonds is 4. The minimum absolute atomic E-state index is 0.491. The summed E-state index contributed by atoms with van der Waals surface area (Å²) in [5, 5.41) is 4.45. The zero-order valence-corrected chi connectivity index (χ0v) is 14.9. The van der Waals surface area contributed by atoms with Crippen LogP contribution in [0.25, 0.3) is 33.3 Å². The Morgan fingerprint density at radius 3 is 3.04 bits per heavy atom. The number of ether oxygens (including phenoxy) is 1. The van der Waals surface area contributed by atoms with Gasteiger partial charge >= 0.3 is 0 Å². The van der Waals surface area contributed by atoms with E-state index in [1.165, 1.54) is 12.8 Å². The van der Waals surface area contributed by atoms with Gasteiger partial charge in [-0.25, -0.2) is 9.97 Å². The Morgan fingerprint density at radius 2 is 2.11 bits per heavy atom. The van der Waals surface area contributed by atoms with E-state index in [0.29, 0.717) is 23.9 Å². The summed E-state index contributed by atoms with van der Waals surface area (Å²) in [6.45, 7) is 2.70. The van der Waals surface area contributed by atoms with Crippen LogP contribution in [-0.2, 0) is 0 Å². The van der Waals surface area contributed by atoms with Crippen molar-refractivity contribution >= 4 is 22.0 Å². The summed E-state index contributed by atoms with van der Waals surface area (Å²) in [7, 11) is 0. The van der Waals surface area contributed by atoms with Gasteiger partial charge in [-0.3, -0.25) is 4.98 Å². The van der Waals surface area contributed by atoms with E-state index in [0.717, 1.165) is 40.8 Å². The topological polar surface area (TPSA) is 73.1 Å². The van der Waals surface area contributed by atoms with Gasteiger partial charge in [-0.15, -0.1) is 0 Å². The molecule has 1 saturated heterocycles. The molecule has 0 spiro atoms. The SMILES string of the molecule is c1ccc2c(-c3cc4nccnc4c(OC[C@H]4CCCNC4)n3)coc2c1. The van der Waals surface area contributed by atoms with E-state index in [4.69, 9.17) is 14.1 Å². The maximum absolute atomic E-state index is 6.13. The van der Waals surface area contributed by atoms with Gasteiger partial charge in [0.25, 0.3) is 0 Å². The van der Waals surface area contributed by atoms with E-state index in [1.54, 1.807) is 18.7 Å². The molecular weight excluding hydrogens is 340 g/mol. The summed E-state index contributed by atoms with van der Waals surface area (Å²) in [6.07, 6.45) is 7.45. The first-order valence-electron chi connectivity index (χ1n) is 9.30. The van der Waals surface area contributed by atoms with Crippen LogP contribution in [0.1, 0.15) is 12.8 Å². The van der Waals surface area contributed by atoms with Crippen LogP contribution in [0.5, 0.6) is 5.88 Å². The molecule has 136 valence electrons. The third-order valence-corrected chi connectivity index (χ3v) is 5.04. The number of fused-ring (bicyclic) bond motifs is 2. The van der Waals surface area contributed by atoms with Crippen molar-refractivity contribution in [1.82, 2.24) is 20.3 Å². The Morgan fingerprint density at radius 1 is 1.19 bits per heavy atom. The Labute approximate surface area is 156 Å². The summed E-state index contributed by atoms with van der Waals surface area (Å²) < 4.78 is 11.8. The summed E-state index contributed by atoms with van der Waals surface area (Å²) in [6, 6.07) is 9.88. The van der Waals surface area contributed by atoms with Gasteiger partial charge < -0.3 is 14.5 Å². The van der Waals surface area contributed by atoms with E-state index in [1.807, 2.05) is 30.3 Å². The summed E-state index contributed by atoms with van der Waals surface area (Å²) in [4.78, 5) is 13.7. The average molecular weight is 360 g/mol. The maximum Gasteiger partial charge on any atom is 0.242 e. The molecule has 27 heavy (non-hydrogen) atoms. The van der Waals surface area contributed by atoms with Crippen molar-refractivity contribution in [2.75, 3.05) is 19.7 Å². The number of hydrogen-bond donors (Lipinski definition) is 1. The summed E-state index contributed by atoms with van der Waals surface area (Å²) >= 11 is 0. The molecule has 3 aromatic heterocycles. The molecule has 0 amide bonds. The van der Waals surface area contributed by atoms with Gasteiger partial charge in [-0.2, -0.15) is 0 Å². The van der Waals surface area contributed by atoms with Crippen molar-refractivity contribution in [3.63, 3.8) is 0 Å². The lowest BCUT2D eigenvalue weighted by atomic mass is 10.0. The predicted octanol–water partition coefficient (Wildman–Crippen LogP) is 3.82. The van der Waals surface area contributed by atoms with Crippen molar-refractivity contribution in [2.24, 2.45) is 5.92 Å². The number of nitrogens with one attached hydrogen (secondary N) is 1. The highest BCUT2D eigenvalue weighted by atomic mass is 16.5. The Balaban J connectivity index is 1.55. The fraction of sp³-hybridized carbons (Fsp3) is 0.286. The third kappa shape index (κ3) is 3.13. The molecule has 0 saturated carbocycles. The van der Waals surface area contributed by atoms with Gasteiger partial charge in [0.2, 0.25) is 5.88 Å². The molecule has 1 aromatic carbocycles. The fourth-order valence-corrected chi connectivity index (χ4v) is 3.62. The van der Waals surface area contributed by atoms with Gasteiger partial charge in [0.05, 0.1) is 17.8 Å². The quantitative estimate of drug-likeness (QED) is 0.596. The minimum atomic E-state index is 0.491. The number of pyridine rings is 1. The number of benzene rings is 1. The van der Waals surface area contributed by atoms with E-state index in [-0.39, 0.29) is 0 Å². The molecular formula is C21H20N4O2. The van der Waals surface area contributed by atoms with Crippen LogP contribution >= 0.6 is 0 Å². The van der Waals surface area contributed by atoms with E-state index >= 15 is 0 Å². The number of hydrogen-bond acceptors (Lipinski definition) is 6. The number of aromatic nitrogens is 3. The Bertz CT molecular complexity index is 1090. The lowest BCUT2D eigenvalue weighted by Crippen LogP contribution is -2.33. The van der Waals surface area contributed by atoms with Crippen LogP contribution in [0.3, 0.4) is 0 Å². The van der Waals surface area contributed by atoms with Crippen LogP contribution in [0.2, 0.25) is 0 Å². The Hall–Kier alpha value is -2.99. The number of para-hydroxylation sites is 1. The van der Waals surface area contributed by atoms with Gasteiger partial charge in [0, 0.05) is 35.8 Å². The van der Waals surface area contributed by atoms with Crippen LogP contribution < -0.4 is 10.1 Å². The van der Waals surface area contributed by atoms with Crippen LogP contribution in [-0.4, -0.2) is 34.6 Å². The van der Waals surface area contributed by atoms with E-state index in [2.05, 4.69) is 15.3 Å². The lowest BCUT2D eigenvalue weighted by Gasteiger charge is -2.22. The zero-order chi connectivity index (χ0) is 18.1. The molecule has 1 fully saturated rings. The van der Waals surface area contributed by atoms with Crippen molar-refractivity contribution in [1.29, 1.82) is 0 Å². The first kappa shape index (κ1) is 16.2. The molecule has 1 aliphatic rings. The molecule has 5 rings (SSSR count).